The van der Waals surface area contributed by atoms with Gasteiger partial charge in [0.15, 0.2) is 0 Å². The van der Waals surface area contributed by atoms with Gasteiger partial charge in [0.05, 0.1) is 17.7 Å². The van der Waals surface area contributed by atoms with E-state index < -0.39 is 0 Å². The molecule has 0 spiro atoms. The largest absolute Gasteiger partial charge is 0.325 e. The quantitative estimate of drug-likeness (QED) is 0.700. The zero-order valence-electron chi connectivity index (χ0n) is 16.5. The van der Waals surface area contributed by atoms with Crippen LogP contribution in [-0.4, -0.2) is 47.9 Å². The topological polar surface area (TPSA) is 59.4 Å². The lowest BCUT2D eigenvalue weighted by Crippen LogP contribution is -2.52. The first-order valence-electron chi connectivity index (χ1n) is 9.86. The summed E-state index contributed by atoms with van der Waals surface area (Å²) in [6, 6.07) is 17.4. The fraction of sp³-hybridized carbons (Fsp3) is 0.304. The predicted octanol–water partition coefficient (Wildman–Crippen LogP) is 3.92. The molecule has 148 valence electrons. The third-order valence-corrected chi connectivity index (χ3v) is 6.58. The summed E-state index contributed by atoms with van der Waals surface area (Å²) in [6.07, 6.45) is 0. The van der Waals surface area contributed by atoms with Crippen molar-refractivity contribution in [2.45, 2.75) is 19.5 Å². The Morgan fingerprint density at radius 3 is 2.59 bits per heavy atom. The molecule has 1 aromatic heterocycles. The standard InChI is InChI=1S/C23H24N4OS/c1-17(23(28)25-20-8-6-18(14-24)7-9-20)27-12-10-26(11-13-27)15-19-16-29-22-5-3-2-4-21(19)22/h2-9,16-17H,10-13,15H2,1H3,(H,25,28)/t17-/m1/s1. The van der Waals surface area contributed by atoms with Crippen LogP contribution in [0.25, 0.3) is 10.1 Å². The van der Waals surface area contributed by atoms with E-state index >= 15 is 0 Å². The van der Waals surface area contributed by atoms with Crippen molar-refractivity contribution in [2.75, 3.05) is 31.5 Å². The lowest BCUT2D eigenvalue weighted by Gasteiger charge is -2.37. The summed E-state index contributed by atoms with van der Waals surface area (Å²) in [5, 5.41) is 15.5. The summed E-state index contributed by atoms with van der Waals surface area (Å²) in [6.45, 7) is 6.59. The Labute approximate surface area is 175 Å². The highest BCUT2D eigenvalue weighted by atomic mass is 32.1. The first kappa shape index (κ1) is 19.6. The smallest absolute Gasteiger partial charge is 0.241 e. The van der Waals surface area contributed by atoms with Gasteiger partial charge in [-0.15, -0.1) is 11.3 Å². The number of hydrogen-bond donors (Lipinski definition) is 1. The molecule has 2 heterocycles. The molecule has 0 radical (unpaired) electrons. The molecule has 0 unspecified atom stereocenters. The highest BCUT2D eigenvalue weighted by Crippen LogP contribution is 2.27. The molecular weight excluding hydrogens is 380 g/mol. The Bertz CT molecular complexity index is 1030. The van der Waals surface area contributed by atoms with Crippen LogP contribution in [0.5, 0.6) is 0 Å². The molecule has 29 heavy (non-hydrogen) atoms. The number of fused-ring (bicyclic) bond motifs is 1. The number of benzene rings is 2. The summed E-state index contributed by atoms with van der Waals surface area (Å²) in [5.41, 5.74) is 2.71. The van der Waals surface area contributed by atoms with Gasteiger partial charge in [-0.3, -0.25) is 14.6 Å². The van der Waals surface area contributed by atoms with Crippen LogP contribution in [0.3, 0.4) is 0 Å². The van der Waals surface area contributed by atoms with Crippen LogP contribution in [0, 0.1) is 11.3 Å². The Morgan fingerprint density at radius 2 is 1.86 bits per heavy atom. The maximum absolute atomic E-state index is 12.6. The van der Waals surface area contributed by atoms with E-state index in [9.17, 15) is 4.79 Å². The predicted molar refractivity (Wildman–Crippen MR) is 118 cm³/mol. The number of piperazine rings is 1. The Kier molecular flexibility index (Phi) is 5.91. The Balaban J connectivity index is 1.30. The summed E-state index contributed by atoms with van der Waals surface area (Å²) >= 11 is 1.81. The maximum atomic E-state index is 12.6. The number of amides is 1. The van der Waals surface area contributed by atoms with E-state index in [4.69, 9.17) is 5.26 Å². The van der Waals surface area contributed by atoms with Crippen LogP contribution >= 0.6 is 11.3 Å². The molecule has 1 saturated heterocycles. The first-order chi connectivity index (χ1) is 14.1. The van der Waals surface area contributed by atoms with Gasteiger partial charge in [0.25, 0.3) is 0 Å². The summed E-state index contributed by atoms with van der Waals surface area (Å²) < 4.78 is 1.34. The van der Waals surface area contributed by atoms with Crippen LogP contribution in [0.2, 0.25) is 0 Å². The van der Waals surface area contributed by atoms with Gasteiger partial charge in [-0.1, -0.05) is 18.2 Å². The van der Waals surface area contributed by atoms with Crippen molar-refractivity contribution >= 4 is 33.0 Å². The number of hydrogen-bond acceptors (Lipinski definition) is 5. The molecule has 1 aliphatic heterocycles. The molecule has 1 aliphatic rings. The van der Waals surface area contributed by atoms with Gasteiger partial charge in [0.2, 0.25) is 5.91 Å². The lowest BCUT2D eigenvalue weighted by molar-refractivity contribution is -0.121. The van der Waals surface area contributed by atoms with E-state index in [0.717, 1.165) is 38.4 Å². The molecule has 1 N–H and O–H groups in total. The number of rotatable bonds is 5. The van der Waals surface area contributed by atoms with Crippen LogP contribution in [0.15, 0.2) is 53.9 Å². The van der Waals surface area contributed by atoms with E-state index in [-0.39, 0.29) is 11.9 Å². The normalized spacial score (nSPS) is 16.4. The zero-order valence-corrected chi connectivity index (χ0v) is 17.3. The van der Waals surface area contributed by atoms with E-state index in [1.54, 1.807) is 24.3 Å². The Hall–Kier alpha value is -2.72. The second kappa shape index (κ2) is 8.75. The van der Waals surface area contributed by atoms with Crippen molar-refractivity contribution in [2.24, 2.45) is 0 Å². The number of nitrogens with zero attached hydrogens (tertiary/aromatic N) is 3. The third-order valence-electron chi connectivity index (χ3n) is 5.57. The monoisotopic (exact) mass is 404 g/mol. The van der Waals surface area contributed by atoms with Crippen molar-refractivity contribution in [1.82, 2.24) is 9.80 Å². The molecule has 3 aromatic rings. The fourth-order valence-electron chi connectivity index (χ4n) is 3.75. The SMILES string of the molecule is C[C@H](C(=O)Nc1ccc(C#N)cc1)N1CCN(Cc2csc3ccccc23)CC1. The molecule has 0 aliphatic carbocycles. The molecule has 2 aromatic carbocycles. The number of thiophene rings is 1. The van der Waals surface area contributed by atoms with Crippen molar-refractivity contribution in [3.63, 3.8) is 0 Å². The van der Waals surface area contributed by atoms with E-state index in [0.29, 0.717) is 5.56 Å². The number of nitrogens with one attached hydrogen (secondary N) is 1. The zero-order chi connectivity index (χ0) is 20.2. The van der Waals surface area contributed by atoms with Crippen molar-refractivity contribution in [1.29, 1.82) is 5.26 Å². The lowest BCUT2D eigenvalue weighted by atomic mass is 10.1. The molecule has 0 saturated carbocycles. The third kappa shape index (κ3) is 4.48. The fourth-order valence-corrected chi connectivity index (χ4v) is 4.70. The van der Waals surface area contributed by atoms with Gasteiger partial charge in [-0.25, -0.2) is 0 Å². The first-order valence-corrected chi connectivity index (χ1v) is 10.7. The average Bonchev–Trinajstić information content (AvgIpc) is 3.17. The number of anilines is 1. The van der Waals surface area contributed by atoms with Gasteiger partial charge in [-0.05, 0) is 53.6 Å². The highest BCUT2D eigenvalue weighted by Gasteiger charge is 2.26. The number of carbonyl (C=O) groups is 1. The summed E-state index contributed by atoms with van der Waals surface area (Å²) in [4.78, 5) is 17.3. The van der Waals surface area contributed by atoms with E-state index in [1.165, 1.54) is 15.6 Å². The van der Waals surface area contributed by atoms with E-state index in [1.807, 2.05) is 18.3 Å². The summed E-state index contributed by atoms with van der Waals surface area (Å²) in [7, 11) is 0. The molecule has 1 atom stereocenters. The van der Waals surface area contributed by atoms with Crippen LogP contribution in [0.1, 0.15) is 18.1 Å². The van der Waals surface area contributed by atoms with Crippen LogP contribution in [0.4, 0.5) is 5.69 Å². The van der Waals surface area contributed by atoms with Crippen molar-refractivity contribution in [3.8, 4) is 6.07 Å². The minimum atomic E-state index is -0.185. The molecular formula is C23H24N4OS. The minimum absolute atomic E-state index is 0.00742. The second-order valence-electron chi connectivity index (χ2n) is 7.42. The van der Waals surface area contributed by atoms with Gasteiger partial charge in [0.1, 0.15) is 0 Å². The molecule has 1 fully saturated rings. The molecule has 4 rings (SSSR count). The van der Waals surface area contributed by atoms with Gasteiger partial charge in [0, 0.05) is 43.1 Å². The second-order valence-corrected chi connectivity index (χ2v) is 8.33. The number of carbonyl (C=O) groups excluding carboxylic acids is 1. The highest BCUT2D eigenvalue weighted by molar-refractivity contribution is 7.17. The molecule has 0 bridgehead atoms. The van der Waals surface area contributed by atoms with Gasteiger partial charge >= 0.3 is 0 Å². The Morgan fingerprint density at radius 1 is 1.14 bits per heavy atom. The molecule has 1 amide bonds. The molecule has 6 heteroatoms. The maximum Gasteiger partial charge on any atom is 0.241 e. The van der Waals surface area contributed by atoms with Gasteiger partial charge < -0.3 is 5.32 Å². The van der Waals surface area contributed by atoms with Crippen LogP contribution < -0.4 is 5.32 Å². The van der Waals surface area contributed by atoms with E-state index in [2.05, 4.69) is 50.8 Å². The van der Waals surface area contributed by atoms with Crippen LogP contribution in [-0.2, 0) is 11.3 Å². The summed E-state index contributed by atoms with van der Waals surface area (Å²) in [5.74, 6) is -0.00742. The minimum Gasteiger partial charge on any atom is -0.325 e. The van der Waals surface area contributed by atoms with Crippen molar-refractivity contribution in [3.05, 3.63) is 65.0 Å². The average molecular weight is 405 g/mol. The van der Waals surface area contributed by atoms with Crippen molar-refractivity contribution < 1.29 is 4.79 Å². The molecule has 5 nitrogen and oxygen atoms in total. The van der Waals surface area contributed by atoms with Gasteiger partial charge in [-0.2, -0.15) is 5.26 Å². The number of nitriles is 1.